The number of anilines is 1. The number of ether oxygens (including phenoxy) is 2. The Morgan fingerprint density at radius 1 is 1.09 bits per heavy atom. The molecule has 0 unspecified atom stereocenters. The van der Waals surface area contributed by atoms with Gasteiger partial charge in [0.1, 0.15) is 17.4 Å². The van der Waals surface area contributed by atoms with Crippen LogP contribution in [-0.2, 0) is 25.5 Å². The molecule has 3 aromatic rings. The van der Waals surface area contributed by atoms with Crippen LogP contribution in [-0.4, -0.2) is 70.1 Å². The molecule has 0 bridgehead atoms. The number of alkyl carbamates (subject to hydrolysis) is 1. The number of fused-ring (bicyclic) bond motifs is 2. The summed E-state index contributed by atoms with van der Waals surface area (Å²) in [6, 6.07) is 11.4. The average molecular weight is 604 g/mol. The van der Waals surface area contributed by atoms with Gasteiger partial charge in [-0.1, -0.05) is 24.3 Å². The van der Waals surface area contributed by atoms with Crippen molar-refractivity contribution in [3.8, 4) is 5.75 Å². The summed E-state index contributed by atoms with van der Waals surface area (Å²) < 4.78 is 10.6. The summed E-state index contributed by atoms with van der Waals surface area (Å²) >= 11 is 0. The molecule has 0 saturated carbocycles. The molecule has 0 aliphatic carbocycles. The number of carbonyl (C=O) groups is 5. The van der Waals surface area contributed by atoms with E-state index in [4.69, 9.17) is 9.47 Å². The third kappa shape index (κ3) is 6.85. The Labute approximate surface area is 255 Å². The maximum atomic E-state index is 13.8. The van der Waals surface area contributed by atoms with E-state index in [1.54, 1.807) is 43.9 Å². The molecule has 0 spiro atoms. The summed E-state index contributed by atoms with van der Waals surface area (Å²) in [5, 5.41) is 6.69. The largest absolute Gasteiger partial charge is 0.444 e. The lowest BCUT2D eigenvalue weighted by Gasteiger charge is -2.46. The number of hydrogen-bond donors (Lipinski definition) is 3. The lowest BCUT2D eigenvalue weighted by molar-refractivity contribution is -0.132. The van der Waals surface area contributed by atoms with Crippen molar-refractivity contribution in [2.45, 2.75) is 77.1 Å². The lowest BCUT2D eigenvalue weighted by Crippen LogP contribution is -2.66. The first-order valence-electron chi connectivity index (χ1n) is 14.7. The van der Waals surface area contributed by atoms with Gasteiger partial charge < -0.3 is 30.0 Å². The number of aromatic amines is 1. The molecule has 1 aromatic heterocycles. The van der Waals surface area contributed by atoms with Gasteiger partial charge in [-0.05, 0) is 57.4 Å². The molecule has 12 nitrogen and oxygen atoms in total. The van der Waals surface area contributed by atoms with E-state index < -0.39 is 53.6 Å². The van der Waals surface area contributed by atoms with Crippen LogP contribution in [0.5, 0.6) is 5.75 Å². The summed E-state index contributed by atoms with van der Waals surface area (Å²) in [5.41, 5.74) is 1.28. The van der Waals surface area contributed by atoms with Gasteiger partial charge in [-0.3, -0.25) is 14.4 Å². The van der Waals surface area contributed by atoms with Crippen LogP contribution in [0.2, 0.25) is 0 Å². The van der Waals surface area contributed by atoms with Gasteiger partial charge in [0.05, 0.1) is 18.2 Å². The molecule has 2 aromatic carbocycles. The first-order valence-corrected chi connectivity index (χ1v) is 14.7. The lowest BCUT2D eigenvalue weighted by atomic mass is 9.91. The van der Waals surface area contributed by atoms with Crippen molar-refractivity contribution < 1.29 is 33.4 Å². The molecule has 12 heteroatoms. The molecule has 2 aliphatic heterocycles. The minimum atomic E-state index is -0.977. The minimum absolute atomic E-state index is 0.0128. The van der Waals surface area contributed by atoms with Crippen molar-refractivity contribution in [2.24, 2.45) is 0 Å². The molecule has 5 rings (SSSR count). The van der Waals surface area contributed by atoms with Crippen LogP contribution in [0.15, 0.2) is 54.7 Å². The molecule has 0 radical (unpaired) electrons. The summed E-state index contributed by atoms with van der Waals surface area (Å²) in [4.78, 5) is 70.8. The molecule has 2 fully saturated rings. The number of carbonyl (C=O) groups excluding carboxylic acids is 5. The zero-order chi connectivity index (χ0) is 31.6. The Kier molecular flexibility index (Phi) is 8.61. The normalized spacial score (nSPS) is 19.3. The van der Waals surface area contributed by atoms with Gasteiger partial charge in [-0.15, -0.1) is 0 Å². The standard InChI is InChI=1S/C32H37N5O7/c1-19(38)43-22-10-7-9-21(16-22)37-28(39)17-27-25(13-8-14-36(27)31(37)42)34-29(40)26(35-30(41)44-32(2,3)4)15-20-18-33-24-12-6-5-11-23(20)24/h5-7,9-12,16,18,25-27,33H,8,13-15,17H2,1-4H3,(H,34,40)(H,35,41)/t25-,26+,27+/m1/s1. The van der Waals surface area contributed by atoms with Gasteiger partial charge in [-0.25, -0.2) is 14.5 Å². The van der Waals surface area contributed by atoms with Crippen LogP contribution in [0, 0.1) is 0 Å². The Bertz CT molecular complexity index is 1590. The predicted molar refractivity (Wildman–Crippen MR) is 162 cm³/mol. The molecule has 3 N–H and O–H groups in total. The second-order valence-corrected chi connectivity index (χ2v) is 12.1. The SMILES string of the molecule is CC(=O)Oc1cccc(N2C(=O)C[C@H]3[C@H](NC(=O)[C@H](Cc4c[nH]c5ccccc45)NC(=O)OC(C)(C)C)CCCN3C2=O)c1. The number of nitrogens with one attached hydrogen (secondary N) is 3. The summed E-state index contributed by atoms with van der Waals surface area (Å²) in [6.45, 7) is 6.91. The number of imide groups is 1. The number of hydrogen-bond acceptors (Lipinski definition) is 7. The Morgan fingerprint density at radius 2 is 1.86 bits per heavy atom. The second kappa shape index (κ2) is 12.4. The molecule has 5 amide bonds. The fraction of sp³-hybridized carbons (Fsp3) is 0.406. The monoisotopic (exact) mass is 603 g/mol. The van der Waals surface area contributed by atoms with Crippen LogP contribution < -0.4 is 20.3 Å². The fourth-order valence-electron chi connectivity index (χ4n) is 5.79. The molecule has 3 atom stereocenters. The van der Waals surface area contributed by atoms with Gasteiger partial charge in [0.25, 0.3) is 0 Å². The minimum Gasteiger partial charge on any atom is -0.444 e. The van der Waals surface area contributed by atoms with E-state index in [1.807, 2.05) is 30.5 Å². The van der Waals surface area contributed by atoms with Crippen LogP contribution >= 0.6 is 0 Å². The highest BCUT2D eigenvalue weighted by molar-refractivity contribution is 6.16. The predicted octanol–water partition coefficient (Wildman–Crippen LogP) is 4.04. The highest BCUT2D eigenvalue weighted by Crippen LogP contribution is 2.32. The van der Waals surface area contributed by atoms with Gasteiger partial charge in [0, 0.05) is 49.1 Å². The first kappa shape index (κ1) is 30.6. The van der Waals surface area contributed by atoms with Crippen LogP contribution in [0.25, 0.3) is 10.9 Å². The van der Waals surface area contributed by atoms with Gasteiger partial charge in [0.2, 0.25) is 11.8 Å². The van der Waals surface area contributed by atoms with Crippen LogP contribution in [0.3, 0.4) is 0 Å². The van der Waals surface area contributed by atoms with E-state index in [0.29, 0.717) is 25.1 Å². The fourth-order valence-corrected chi connectivity index (χ4v) is 5.79. The van der Waals surface area contributed by atoms with E-state index in [9.17, 15) is 24.0 Å². The molecule has 44 heavy (non-hydrogen) atoms. The van der Waals surface area contributed by atoms with Crippen molar-refractivity contribution in [1.82, 2.24) is 20.5 Å². The number of benzene rings is 2. The third-order valence-corrected chi connectivity index (χ3v) is 7.62. The molecule has 3 heterocycles. The van der Waals surface area contributed by atoms with E-state index in [0.717, 1.165) is 21.4 Å². The van der Waals surface area contributed by atoms with Crippen molar-refractivity contribution in [3.05, 3.63) is 60.3 Å². The molecule has 2 saturated heterocycles. The van der Waals surface area contributed by atoms with E-state index in [-0.39, 0.29) is 18.6 Å². The van der Waals surface area contributed by atoms with E-state index >= 15 is 0 Å². The molecular weight excluding hydrogens is 566 g/mol. The maximum Gasteiger partial charge on any atom is 0.408 e. The molecule has 2 aliphatic rings. The quantitative estimate of drug-likeness (QED) is 0.273. The van der Waals surface area contributed by atoms with Gasteiger partial charge in [0.15, 0.2) is 0 Å². The second-order valence-electron chi connectivity index (χ2n) is 12.1. The van der Waals surface area contributed by atoms with Gasteiger partial charge >= 0.3 is 18.1 Å². The highest BCUT2D eigenvalue weighted by atomic mass is 16.6. The van der Waals surface area contributed by atoms with Crippen molar-refractivity contribution in [3.63, 3.8) is 0 Å². The first-order chi connectivity index (χ1) is 20.9. The smallest absolute Gasteiger partial charge is 0.408 e. The average Bonchev–Trinajstić information content (AvgIpc) is 3.35. The third-order valence-electron chi connectivity index (χ3n) is 7.62. The van der Waals surface area contributed by atoms with E-state index in [2.05, 4.69) is 15.6 Å². The number of para-hydroxylation sites is 1. The topological polar surface area (TPSA) is 150 Å². The Balaban J connectivity index is 1.34. The highest BCUT2D eigenvalue weighted by Gasteiger charge is 2.45. The number of H-pyrrole nitrogens is 1. The number of nitrogens with zero attached hydrogens (tertiary/aromatic N) is 2. The Morgan fingerprint density at radius 3 is 2.61 bits per heavy atom. The summed E-state index contributed by atoms with van der Waals surface area (Å²) in [7, 11) is 0. The number of urea groups is 1. The number of rotatable bonds is 7. The van der Waals surface area contributed by atoms with Crippen molar-refractivity contribution in [1.29, 1.82) is 0 Å². The number of piperidine rings is 1. The maximum absolute atomic E-state index is 13.8. The van der Waals surface area contributed by atoms with Crippen LogP contribution in [0.1, 0.15) is 52.5 Å². The zero-order valence-corrected chi connectivity index (χ0v) is 25.2. The number of amides is 5. The van der Waals surface area contributed by atoms with Crippen molar-refractivity contribution in [2.75, 3.05) is 11.4 Å². The van der Waals surface area contributed by atoms with E-state index in [1.165, 1.54) is 13.0 Å². The summed E-state index contributed by atoms with van der Waals surface area (Å²) in [5.74, 6) is -1.17. The zero-order valence-electron chi connectivity index (χ0n) is 25.2. The Hall–Kier alpha value is -4.87. The molecule has 232 valence electrons. The van der Waals surface area contributed by atoms with Gasteiger partial charge in [-0.2, -0.15) is 0 Å². The summed E-state index contributed by atoms with van der Waals surface area (Å²) in [6.07, 6.45) is 2.43. The number of esters is 1. The van der Waals surface area contributed by atoms with Crippen LogP contribution in [0.4, 0.5) is 15.3 Å². The van der Waals surface area contributed by atoms with Crippen molar-refractivity contribution >= 4 is 46.5 Å². The molecular formula is C32H37N5O7. The number of aromatic nitrogens is 1.